The zero-order chi connectivity index (χ0) is 20.9. The van der Waals surface area contributed by atoms with Crippen molar-refractivity contribution in [3.63, 3.8) is 0 Å². The van der Waals surface area contributed by atoms with Crippen molar-refractivity contribution in [2.45, 2.75) is 51.5 Å². The minimum absolute atomic E-state index is 0.0204. The molecule has 0 radical (unpaired) electrons. The first kappa shape index (κ1) is 19.8. The van der Waals surface area contributed by atoms with Gasteiger partial charge in [0.1, 0.15) is 5.69 Å². The summed E-state index contributed by atoms with van der Waals surface area (Å²) >= 11 is 0. The Morgan fingerprint density at radius 2 is 1.77 bits per heavy atom. The van der Waals surface area contributed by atoms with Crippen molar-refractivity contribution in [2.24, 2.45) is 23.2 Å². The predicted molar refractivity (Wildman–Crippen MR) is 116 cm³/mol. The Kier molecular flexibility index (Phi) is 4.96. The van der Waals surface area contributed by atoms with Gasteiger partial charge in [0.2, 0.25) is 0 Å². The number of carbonyl (C=O) groups is 1. The maximum atomic E-state index is 13.1. The minimum Gasteiger partial charge on any atom is -0.363 e. The largest absolute Gasteiger partial charge is 0.363 e. The molecule has 5 fully saturated rings. The number of piperazine rings is 1. The van der Waals surface area contributed by atoms with Crippen LogP contribution in [-0.2, 0) is 0 Å². The molecule has 0 unspecified atom stereocenters. The molecular weight excluding hydrogens is 380 g/mol. The second-order valence-electron chi connectivity index (χ2n) is 10.2. The van der Waals surface area contributed by atoms with Gasteiger partial charge >= 0.3 is 0 Å². The van der Waals surface area contributed by atoms with Gasteiger partial charge in [0.05, 0.1) is 4.92 Å². The molecule has 5 aliphatic rings. The Morgan fingerprint density at radius 3 is 2.33 bits per heavy atom. The van der Waals surface area contributed by atoms with Gasteiger partial charge in [0.15, 0.2) is 0 Å². The Hall–Kier alpha value is -2.15. The van der Waals surface area contributed by atoms with E-state index in [9.17, 15) is 14.9 Å². The van der Waals surface area contributed by atoms with Gasteiger partial charge in [-0.1, -0.05) is 0 Å². The van der Waals surface area contributed by atoms with Crippen LogP contribution >= 0.6 is 0 Å². The average molecular weight is 413 g/mol. The summed E-state index contributed by atoms with van der Waals surface area (Å²) in [5, 5.41) is 18.2. The van der Waals surface area contributed by atoms with Crippen molar-refractivity contribution < 1.29 is 9.72 Å². The molecule has 1 heterocycles. The number of anilines is 1. The van der Waals surface area contributed by atoms with Crippen LogP contribution in [0.2, 0.25) is 0 Å². The SMILES string of the molecule is C[C@@H](NC(=O)c1ccc(N2CCNCC2)c([N+](=O)[O-])c1)C12CC3CC(CC(C3)C1)C2. The monoisotopic (exact) mass is 412 g/mol. The highest BCUT2D eigenvalue weighted by Gasteiger charge is 2.53. The molecule has 1 amide bonds. The average Bonchev–Trinajstić information content (AvgIpc) is 2.73. The molecule has 0 spiro atoms. The molecule has 1 aromatic carbocycles. The summed E-state index contributed by atoms with van der Waals surface area (Å²) in [5.41, 5.74) is 1.23. The second kappa shape index (κ2) is 7.52. The fourth-order valence-electron chi connectivity index (χ4n) is 7.13. The Morgan fingerprint density at radius 1 is 1.17 bits per heavy atom. The number of benzene rings is 1. The van der Waals surface area contributed by atoms with E-state index in [0.717, 1.165) is 43.9 Å². The molecule has 7 heteroatoms. The van der Waals surface area contributed by atoms with Crippen molar-refractivity contribution in [3.05, 3.63) is 33.9 Å². The van der Waals surface area contributed by atoms with Gasteiger partial charge in [-0.05, 0) is 80.8 Å². The normalized spacial score (nSPS) is 33.4. The molecule has 1 aromatic rings. The lowest BCUT2D eigenvalue weighted by atomic mass is 9.48. The molecule has 1 aliphatic heterocycles. The van der Waals surface area contributed by atoms with Crippen LogP contribution in [0.25, 0.3) is 0 Å². The van der Waals surface area contributed by atoms with E-state index in [4.69, 9.17) is 0 Å². The molecule has 7 nitrogen and oxygen atoms in total. The Labute approximate surface area is 177 Å². The summed E-state index contributed by atoms with van der Waals surface area (Å²) in [6.07, 6.45) is 7.80. The van der Waals surface area contributed by atoms with Gasteiger partial charge in [0, 0.05) is 43.9 Å². The smallest absolute Gasteiger partial charge is 0.293 e. The maximum Gasteiger partial charge on any atom is 0.293 e. The van der Waals surface area contributed by atoms with Crippen LogP contribution in [0.3, 0.4) is 0 Å². The summed E-state index contributed by atoms with van der Waals surface area (Å²) in [6, 6.07) is 5.05. The number of nitro groups is 1. The first-order chi connectivity index (χ1) is 14.4. The molecule has 6 rings (SSSR count). The fourth-order valence-corrected chi connectivity index (χ4v) is 7.13. The molecule has 162 valence electrons. The summed E-state index contributed by atoms with van der Waals surface area (Å²) < 4.78 is 0. The first-order valence-electron chi connectivity index (χ1n) is 11.5. The lowest BCUT2D eigenvalue weighted by Gasteiger charge is -2.59. The zero-order valence-electron chi connectivity index (χ0n) is 17.7. The van der Waals surface area contributed by atoms with E-state index in [0.29, 0.717) is 11.3 Å². The maximum absolute atomic E-state index is 13.1. The Bertz CT molecular complexity index is 814. The number of rotatable bonds is 5. The van der Waals surface area contributed by atoms with Gasteiger partial charge in [0.25, 0.3) is 11.6 Å². The van der Waals surface area contributed by atoms with Gasteiger partial charge < -0.3 is 15.5 Å². The van der Waals surface area contributed by atoms with Crippen molar-refractivity contribution in [2.75, 3.05) is 31.1 Å². The molecule has 1 atom stereocenters. The van der Waals surface area contributed by atoms with Gasteiger partial charge in [-0.25, -0.2) is 0 Å². The van der Waals surface area contributed by atoms with E-state index in [1.165, 1.54) is 44.6 Å². The highest BCUT2D eigenvalue weighted by atomic mass is 16.6. The van der Waals surface area contributed by atoms with Crippen LogP contribution in [0.1, 0.15) is 55.8 Å². The number of carbonyl (C=O) groups excluding carboxylic acids is 1. The van der Waals surface area contributed by atoms with Crippen molar-refractivity contribution in [3.8, 4) is 0 Å². The molecule has 30 heavy (non-hydrogen) atoms. The van der Waals surface area contributed by atoms with E-state index >= 15 is 0 Å². The van der Waals surface area contributed by atoms with Gasteiger partial charge in [-0.3, -0.25) is 14.9 Å². The topological polar surface area (TPSA) is 87.5 Å². The van der Waals surface area contributed by atoms with Crippen LogP contribution < -0.4 is 15.5 Å². The number of hydrogen-bond acceptors (Lipinski definition) is 5. The molecule has 2 N–H and O–H groups in total. The lowest BCUT2D eigenvalue weighted by Crippen LogP contribution is -2.55. The number of nitrogens with zero attached hydrogens (tertiary/aromatic N) is 2. The third kappa shape index (κ3) is 3.47. The predicted octanol–water partition coefficient (Wildman–Crippen LogP) is 3.34. The van der Waals surface area contributed by atoms with Crippen LogP contribution in [0, 0.1) is 33.3 Å². The minimum atomic E-state index is -0.364. The van der Waals surface area contributed by atoms with Gasteiger partial charge in [-0.15, -0.1) is 0 Å². The highest BCUT2D eigenvalue weighted by molar-refractivity contribution is 5.96. The molecule has 4 saturated carbocycles. The van der Waals surface area contributed by atoms with Crippen LogP contribution in [0.4, 0.5) is 11.4 Å². The van der Waals surface area contributed by atoms with Crippen molar-refractivity contribution in [1.29, 1.82) is 0 Å². The van der Waals surface area contributed by atoms with Crippen LogP contribution in [0.15, 0.2) is 18.2 Å². The Balaban J connectivity index is 1.33. The number of hydrogen-bond donors (Lipinski definition) is 2. The molecule has 0 aromatic heterocycles. The highest BCUT2D eigenvalue weighted by Crippen LogP contribution is 2.61. The van der Waals surface area contributed by atoms with E-state index in [1.54, 1.807) is 12.1 Å². The molecule has 1 saturated heterocycles. The second-order valence-corrected chi connectivity index (χ2v) is 10.2. The summed E-state index contributed by atoms with van der Waals surface area (Å²) in [4.78, 5) is 26.4. The molecular formula is C23H32N4O3. The summed E-state index contributed by atoms with van der Waals surface area (Å²) in [6.45, 7) is 5.23. The quantitative estimate of drug-likeness (QED) is 0.572. The number of amides is 1. The summed E-state index contributed by atoms with van der Waals surface area (Å²) in [5.74, 6) is 2.30. The third-order valence-corrected chi connectivity index (χ3v) is 8.24. The fraction of sp³-hybridized carbons (Fsp3) is 0.696. The summed E-state index contributed by atoms with van der Waals surface area (Å²) in [7, 11) is 0. The number of nitro benzene ring substituents is 1. The van der Waals surface area contributed by atoms with Crippen molar-refractivity contribution >= 4 is 17.3 Å². The molecule has 4 bridgehead atoms. The van der Waals surface area contributed by atoms with Crippen LogP contribution in [-0.4, -0.2) is 43.1 Å². The van der Waals surface area contributed by atoms with E-state index in [2.05, 4.69) is 17.6 Å². The van der Waals surface area contributed by atoms with E-state index in [-0.39, 0.29) is 28.0 Å². The third-order valence-electron chi connectivity index (χ3n) is 8.24. The lowest BCUT2D eigenvalue weighted by molar-refractivity contribution is -0.384. The van der Waals surface area contributed by atoms with E-state index < -0.39 is 0 Å². The standard InChI is InChI=1S/C23H32N4O3/c1-15(23-12-16-8-17(13-23)10-18(9-16)14-23)25-22(28)19-2-3-20(21(11-19)27(29)30)26-6-4-24-5-7-26/h2-3,11,15-18,24H,4-10,12-14H2,1H3,(H,25,28)/t15-,16?,17?,18?,23?/m1/s1. The van der Waals surface area contributed by atoms with Gasteiger partial charge in [-0.2, -0.15) is 0 Å². The number of nitrogens with one attached hydrogen (secondary N) is 2. The van der Waals surface area contributed by atoms with Crippen molar-refractivity contribution in [1.82, 2.24) is 10.6 Å². The zero-order valence-corrected chi connectivity index (χ0v) is 17.7. The van der Waals surface area contributed by atoms with E-state index in [1.807, 2.05) is 4.90 Å². The first-order valence-corrected chi connectivity index (χ1v) is 11.5. The molecule has 4 aliphatic carbocycles. The van der Waals surface area contributed by atoms with Crippen LogP contribution in [0.5, 0.6) is 0 Å².